The number of H-pyrrole nitrogens is 1. The monoisotopic (exact) mass is 463 g/mol. The van der Waals surface area contributed by atoms with Crippen molar-refractivity contribution < 1.29 is 8.42 Å². The predicted octanol–water partition coefficient (Wildman–Crippen LogP) is 2.89. The molecule has 1 aliphatic heterocycles. The smallest absolute Gasteiger partial charge is 0.298 e. The first-order chi connectivity index (χ1) is 15.9. The van der Waals surface area contributed by atoms with E-state index in [4.69, 9.17) is 0 Å². The van der Waals surface area contributed by atoms with Gasteiger partial charge in [0, 0.05) is 48.4 Å². The Morgan fingerprint density at radius 1 is 1.12 bits per heavy atom. The molecule has 1 unspecified atom stereocenters. The molecule has 8 nitrogen and oxygen atoms in total. The number of aromatic nitrogens is 4. The number of benzene rings is 2. The second-order valence-corrected chi connectivity index (χ2v) is 10.6. The molecule has 5 rings (SSSR count). The molecule has 2 aromatic carbocycles. The Hall–Kier alpha value is -3.30. The summed E-state index contributed by atoms with van der Waals surface area (Å²) < 4.78 is 24.8. The summed E-state index contributed by atoms with van der Waals surface area (Å²) in [4.78, 5) is 22.6. The lowest BCUT2D eigenvalue weighted by molar-refractivity contribution is 0.196. The van der Waals surface area contributed by atoms with Crippen LogP contribution in [0.25, 0.3) is 16.5 Å². The van der Waals surface area contributed by atoms with Gasteiger partial charge in [0.1, 0.15) is 5.82 Å². The average Bonchev–Trinajstić information content (AvgIpc) is 3.20. The van der Waals surface area contributed by atoms with E-state index >= 15 is 0 Å². The highest BCUT2D eigenvalue weighted by Crippen LogP contribution is 2.26. The molecular weight excluding hydrogens is 438 g/mol. The molecule has 1 N–H and O–H groups in total. The summed E-state index contributed by atoms with van der Waals surface area (Å²) in [6.07, 6.45) is 6.66. The lowest BCUT2D eigenvalue weighted by atomic mass is 9.97. The van der Waals surface area contributed by atoms with Crippen LogP contribution in [0.1, 0.15) is 30.1 Å². The normalized spacial score (nSPS) is 17.4. The number of nitrogens with one attached hydrogen (secondary N) is 1. The number of hydrogen-bond donors (Lipinski definition) is 1. The van der Waals surface area contributed by atoms with Crippen molar-refractivity contribution in [1.82, 2.24) is 24.6 Å². The molecule has 1 atom stereocenters. The van der Waals surface area contributed by atoms with Crippen LogP contribution in [0.15, 0.2) is 70.6 Å². The molecule has 1 fully saturated rings. The zero-order valence-corrected chi connectivity index (χ0v) is 19.1. The lowest BCUT2D eigenvalue weighted by Gasteiger charge is -2.31. The first-order valence-corrected chi connectivity index (χ1v) is 12.8. The summed E-state index contributed by atoms with van der Waals surface area (Å²) in [5, 5.41) is 6.55. The van der Waals surface area contributed by atoms with Crippen molar-refractivity contribution in [3.05, 3.63) is 82.8 Å². The van der Waals surface area contributed by atoms with Gasteiger partial charge >= 0.3 is 5.69 Å². The fraction of sp³-hybridized carbons (Fsp3) is 0.292. The highest BCUT2D eigenvalue weighted by atomic mass is 32.2. The second-order valence-electron chi connectivity index (χ2n) is 8.59. The van der Waals surface area contributed by atoms with Gasteiger partial charge in [-0.2, -0.15) is 4.68 Å². The van der Waals surface area contributed by atoms with Crippen molar-refractivity contribution in [2.24, 2.45) is 0 Å². The number of pyridine rings is 1. The van der Waals surface area contributed by atoms with E-state index in [9.17, 15) is 13.2 Å². The third-order valence-electron chi connectivity index (χ3n) is 6.17. The maximum absolute atomic E-state index is 12.8. The third-order valence-corrected chi connectivity index (χ3v) is 7.30. The third kappa shape index (κ3) is 4.46. The molecule has 4 aromatic rings. The van der Waals surface area contributed by atoms with Gasteiger partial charge in [0.25, 0.3) is 0 Å². The zero-order chi connectivity index (χ0) is 23.0. The largest absolute Gasteiger partial charge is 0.348 e. The molecule has 2 aromatic heterocycles. The molecule has 3 heterocycles. The standard InChI is InChI=1S/C24H25N5O3S/c1-33(31,32)20-9-7-17(8-10-20)15-28-13-3-5-19(16-28)23-26-24(30)29(27-23)22-6-2-4-18-14-25-12-11-21(18)22/h2,4,6-12,14,19H,3,5,13,15-16H2,1H3,(H,26,27,30). The molecule has 1 saturated heterocycles. The van der Waals surface area contributed by atoms with Gasteiger partial charge < -0.3 is 0 Å². The van der Waals surface area contributed by atoms with Crippen molar-refractivity contribution >= 4 is 20.6 Å². The molecule has 0 amide bonds. The first kappa shape index (κ1) is 21.5. The van der Waals surface area contributed by atoms with Gasteiger partial charge in [-0.25, -0.2) is 13.2 Å². The van der Waals surface area contributed by atoms with E-state index in [0.29, 0.717) is 10.7 Å². The van der Waals surface area contributed by atoms with E-state index in [1.165, 1.54) is 10.9 Å². The molecule has 1 aliphatic rings. The first-order valence-electron chi connectivity index (χ1n) is 10.9. The summed E-state index contributed by atoms with van der Waals surface area (Å²) in [5.74, 6) is 0.822. The maximum atomic E-state index is 12.8. The van der Waals surface area contributed by atoms with Gasteiger partial charge in [-0.15, -0.1) is 5.10 Å². The van der Waals surface area contributed by atoms with E-state index in [2.05, 4.69) is 20.0 Å². The maximum Gasteiger partial charge on any atom is 0.348 e. The minimum absolute atomic E-state index is 0.125. The van der Waals surface area contributed by atoms with E-state index in [1.54, 1.807) is 24.5 Å². The molecule has 0 bridgehead atoms. The van der Waals surface area contributed by atoms with Crippen LogP contribution in [-0.4, -0.2) is 52.4 Å². The number of rotatable bonds is 5. The van der Waals surface area contributed by atoms with Crippen molar-refractivity contribution in [2.45, 2.75) is 30.2 Å². The molecular formula is C24H25N5O3S. The minimum atomic E-state index is -3.20. The number of nitrogens with zero attached hydrogens (tertiary/aromatic N) is 4. The molecule has 9 heteroatoms. The van der Waals surface area contributed by atoms with Crippen molar-refractivity contribution in [1.29, 1.82) is 0 Å². The van der Waals surface area contributed by atoms with Crippen LogP contribution in [0.4, 0.5) is 0 Å². The zero-order valence-electron chi connectivity index (χ0n) is 18.3. The molecule has 33 heavy (non-hydrogen) atoms. The summed E-state index contributed by atoms with van der Waals surface area (Å²) in [5.41, 5.74) is 1.55. The van der Waals surface area contributed by atoms with Crippen LogP contribution in [0.5, 0.6) is 0 Å². The number of likely N-dealkylation sites (tertiary alicyclic amines) is 1. The van der Waals surface area contributed by atoms with Crippen molar-refractivity contribution in [2.75, 3.05) is 19.3 Å². The Bertz CT molecular complexity index is 1450. The number of aromatic amines is 1. The Morgan fingerprint density at radius 3 is 2.73 bits per heavy atom. The van der Waals surface area contributed by atoms with Gasteiger partial charge in [-0.05, 0) is 49.2 Å². The fourth-order valence-corrected chi connectivity index (χ4v) is 5.13. The van der Waals surface area contributed by atoms with Crippen LogP contribution in [0.3, 0.4) is 0 Å². The van der Waals surface area contributed by atoms with E-state index < -0.39 is 9.84 Å². The van der Waals surface area contributed by atoms with Gasteiger partial charge in [0.2, 0.25) is 0 Å². The van der Waals surface area contributed by atoms with Gasteiger partial charge in [-0.1, -0.05) is 24.3 Å². The summed E-state index contributed by atoms with van der Waals surface area (Å²) in [7, 11) is -3.20. The number of hydrogen-bond acceptors (Lipinski definition) is 6. The molecule has 0 spiro atoms. The number of fused-ring (bicyclic) bond motifs is 1. The van der Waals surface area contributed by atoms with Crippen molar-refractivity contribution in [3.8, 4) is 5.69 Å². The topological polar surface area (TPSA) is 101 Å². The predicted molar refractivity (Wildman–Crippen MR) is 126 cm³/mol. The minimum Gasteiger partial charge on any atom is -0.298 e. The van der Waals surface area contributed by atoms with E-state index in [0.717, 1.165) is 54.5 Å². The quantitative estimate of drug-likeness (QED) is 0.488. The summed E-state index contributed by atoms with van der Waals surface area (Å²) >= 11 is 0. The van der Waals surface area contributed by atoms with Crippen LogP contribution in [-0.2, 0) is 16.4 Å². The lowest BCUT2D eigenvalue weighted by Crippen LogP contribution is -2.34. The SMILES string of the molecule is CS(=O)(=O)c1ccc(CN2CCCC(c3nn(-c4cccc5cnccc45)c(=O)[nH]3)C2)cc1. The van der Waals surface area contributed by atoms with Crippen molar-refractivity contribution in [3.63, 3.8) is 0 Å². The Kier molecular flexibility index (Phi) is 5.59. The molecule has 0 radical (unpaired) electrons. The van der Waals surface area contributed by atoms with E-state index in [-0.39, 0.29) is 11.6 Å². The second kappa shape index (κ2) is 8.57. The van der Waals surface area contributed by atoms with Gasteiger partial charge in [0.15, 0.2) is 9.84 Å². The average molecular weight is 464 g/mol. The fourth-order valence-electron chi connectivity index (χ4n) is 4.50. The molecule has 0 aliphatic carbocycles. The van der Waals surface area contributed by atoms with Crippen LogP contribution in [0, 0.1) is 0 Å². The molecule has 0 saturated carbocycles. The molecule has 170 valence electrons. The van der Waals surface area contributed by atoms with Crippen LogP contribution in [0.2, 0.25) is 0 Å². The summed E-state index contributed by atoms with van der Waals surface area (Å²) in [6, 6.07) is 14.7. The highest BCUT2D eigenvalue weighted by Gasteiger charge is 2.25. The highest BCUT2D eigenvalue weighted by molar-refractivity contribution is 7.90. The van der Waals surface area contributed by atoms with Gasteiger partial charge in [0.05, 0.1) is 10.6 Å². The number of sulfone groups is 1. The number of piperidine rings is 1. The van der Waals surface area contributed by atoms with E-state index in [1.807, 2.05) is 36.4 Å². The summed E-state index contributed by atoms with van der Waals surface area (Å²) in [6.45, 7) is 2.45. The Balaban J connectivity index is 1.36. The van der Waals surface area contributed by atoms with Crippen LogP contribution >= 0.6 is 0 Å². The Labute approximate surface area is 191 Å². The van der Waals surface area contributed by atoms with Crippen LogP contribution < -0.4 is 5.69 Å². The Morgan fingerprint density at radius 2 is 1.94 bits per heavy atom. The van der Waals surface area contributed by atoms with Gasteiger partial charge in [-0.3, -0.25) is 14.9 Å².